The van der Waals surface area contributed by atoms with Gasteiger partial charge in [0.2, 0.25) is 0 Å². The third-order valence-corrected chi connectivity index (χ3v) is 3.36. The Morgan fingerprint density at radius 1 is 1.12 bits per heavy atom. The van der Waals surface area contributed by atoms with Gasteiger partial charge in [0, 0.05) is 10.6 Å². The quantitative estimate of drug-likeness (QED) is 0.507. The van der Waals surface area contributed by atoms with Gasteiger partial charge in [0.1, 0.15) is 0 Å². The van der Waals surface area contributed by atoms with Crippen molar-refractivity contribution >= 4 is 17.6 Å². The number of benzene rings is 1. The van der Waals surface area contributed by atoms with Crippen molar-refractivity contribution in [1.82, 2.24) is 4.31 Å². The summed E-state index contributed by atoms with van der Waals surface area (Å²) >= 11 is 0.863. The predicted octanol–water partition coefficient (Wildman–Crippen LogP) is 2.86. The molecule has 0 saturated carbocycles. The molecule has 2 N–H and O–H groups in total. The smallest absolute Gasteiger partial charge is 0.324 e. The molecule has 0 aromatic heterocycles. The molecule has 1 heterocycles. The summed E-state index contributed by atoms with van der Waals surface area (Å²) in [5.41, 5.74) is 5.98. The van der Waals surface area contributed by atoms with Crippen LogP contribution in [0.15, 0.2) is 29.2 Å². The van der Waals surface area contributed by atoms with Gasteiger partial charge in [-0.15, -0.1) is 0 Å². The van der Waals surface area contributed by atoms with E-state index in [1.165, 1.54) is 0 Å². The number of rotatable bonds is 2. The van der Waals surface area contributed by atoms with E-state index < -0.39 is 24.9 Å². The van der Waals surface area contributed by atoms with Crippen molar-refractivity contribution in [3.63, 3.8) is 0 Å². The Hall–Kier alpha value is -0.950. The van der Waals surface area contributed by atoms with Crippen LogP contribution >= 0.6 is 11.9 Å². The van der Waals surface area contributed by atoms with E-state index in [1.807, 2.05) is 0 Å². The lowest BCUT2D eigenvalue weighted by atomic mass is 10.2. The van der Waals surface area contributed by atoms with Crippen LogP contribution in [-0.2, 0) is 0 Å². The van der Waals surface area contributed by atoms with Gasteiger partial charge in [0.15, 0.2) is 0 Å². The van der Waals surface area contributed by atoms with Crippen molar-refractivity contribution < 1.29 is 17.6 Å². The van der Waals surface area contributed by atoms with E-state index in [9.17, 15) is 17.6 Å². The summed E-state index contributed by atoms with van der Waals surface area (Å²) in [6, 6.07) is 6.47. The van der Waals surface area contributed by atoms with E-state index in [-0.39, 0.29) is 0 Å². The van der Waals surface area contributed by atoms with Gasteiger partial charge in [-0.2, -0.15) is 17.6 Å². The molecule has 94 valence electrons. The molecule has 1 saturated heterocycles. The summed E-state index contributed by atoms with van der Waals surface area (Å²) in [5.74, 6) is -7.94. The lowest BCUT2D eigenvalue weighted by Gasteiger charge is -2.15. The lowest BCUT2D eigenvalue weighted by Crippen LogP contribution is -2.38. The molecule has 17 heavy (non-hydrogen) atoms. The van der Waals surface area contributed by atoms with E-state index in [1.54, 1.807) is 24.3 Å². The van der Waals surface area contributed by atoms with E-state index in [2.05, 4.69) is 0 Å². The number of anilines is 1. The molecule has 0 atom stereocenters. The van der Waals surface area contributed by atoms with Gasteiger partial charge in [0.25, 0.3) is 0 Å². The normalized spacial score (nSPS) is 22.8. The molecule has 1 aliphatic rings. The van der Waals surface area contributed by atoms with Crippen LogP contribution in [0.25, 0.3) is 0 Å². The van der Waals surface area contributed by atoms with Gasteiger partial charge in [-0.05, 0) is 30.1 Å². The van der Waals surface area contributed by atoms with Crippen molar-refractivity contribution in [2.45, 2.75) is 16.7 Å². The maximum Gasteiger partial charge on any atom is 0.324 e. The van der Waals surface area contributed by atoms with Crippen LogP contribution in [0.4, 0.5) is 23.2 Å². The average Bonchev–Trinajstić information content (AvgIpc) is 2.34. The zero-order chi connectivity index (χ0) is 12.7. The maximum atomic E-state index is 12.9. The third kappa shape index (κ3) is 2.50. The number of nitrogen functional groups attached to an aromatic ring is 1. The Labute approximate surface area is 99.9 Å². The Bertz CT molecular complexity index is 409. The fourth-order valence-electron chi connectivity index (χ4n) is 1.52. The van der Waals surface area contributed by atoms with Crippen LogP contribution in [-0.4, -0.2) is 29.2 Å². The highest BCUT2D eigenvalue weighted by atomic mass is 32.2. The number of alkyl halides is 4. The maximum absolute atomic E-state index is 12.9. The van der Waals surface area contributed by atoms with Crippen LogP contribution in [0.2, 0.25) is 0 Å². The van der Waals surface area contributed by atoms with Crippen molar-refractivity contribution in [3.05, 3.63) is 24.3 Å². The number of hydrogen-bond acceptors (Lipinski definition) is 3. The second kappa shape index (κ2) is 4.06. The average molecular weight is 266 g/mol. The molecular weight excluding hydrogens is 256 g/mol. The molecule has 0 bridgehead atoms. The standard InChI is InChI=1S/C10H10F4N2S/c11-9(12)5-16(6-10(9,13)14)17-8-3-1-2-7(15)4-8/h1-4H,5-6,15H2. The Balaban J connectivity index is 2.08. The van der Waals surface area contributed by atoms with Crippen LogP contribution in [0.3, 0.4) is 0 Å². The van der Waals surface area contributed by atoms with E-state index in [4.69, 9.17) is 5.73 Å². The fraction of sp³-hybridized carbons (Fsp3) is 0.400. The molecule has 0 unspecified atom stereocenters. The second-order valence-electron chi connectivity index (χ2n) is 3.87. The summed E-state index contributed by atoms with van der Waals surface area (Å²) in [4.78, 5) is 0.568. The first-order valence-electron chi connectivity index (χ1n) is 4.84. The molecule has 0 aliphatic carbocycles. The van der Waals surface area contributed by atoms with Crippen LogP contribution in [0.1, 0.15) is 0 Å². The van der Waals surface area contributed by atoms with Crippen molar-refractivity contribution in [3.8, 4) is 0 Å². The highest BCUT2D eigenvalue weighted by Gasteiger charge is 2.63. The molecule has 0 radical (unpaired) electrons. The van der Waals surface area contributed by atoms with E-state index >= 15 is 0 Å². The molecule has 1 aromatic carbocycles. The topological polar surface area (TPSA) is 29.3 Å². The molecule has 2 nitrogen and oxygen atoms in total. The van der Waals surface area contributed by atoms with E-state index in [0.29, 0.717) is 10.6 Å². The molecule has 2 rings (SSSR count). The van der Waals surface area contributed by atoms with Crippen LogP contribution < -0.4 is 5.73 Å². The van der Waals surface area contributed by atoms with Gasteiger partial charge < -0.3 is 5.73 Å². The number of halogens is 4. The zero-order valence-electron chi connectivity index (χ0n) is 8.67. The predicted molar refractivity (Wildman–Crippen MR) is 58.2 cm³/mol. The van der Waals surface area contributed by atoms with E-state index in [0.717, 1.165) is 16.3 Å². The van der Waals surface area contributed by atoms with Crippen LogP contribution in [0, 0.1) is 0 Å². The van der Waals surface area contributed by atoms with Gasteiger partial charge in [-0.3, -0.25) is 0 Å². The third-order valence-electron chi connectivity index (χ3n) is 2.38. The number of nitrogens with zero attached hydrogens (tertiary/aromatic N) is 1. The SMILES string of the molecule is Nc1cccc(SN2CC(F)(F)C(F)(F)C2)c1. The fourth-order valence-corrected chi connectivity index (χ4v) is 2.59. The summed E-state index contributed by atoms with van der Waals surface area (Å²) in [5, 5.41) is 0. The largest absolute Gasteiger partial charge is 0.399 e. The minimum absolute atomic E-state index is 0.465. The Morgan fingerprint density at radius 2 is 1.71 bits per heavy atom. The highest BCUT2D eigenvalue weighted by molar-refractivity contribution is 7.97. The summed E-state index contributed by atoms with van der Waals surface area (Å²) in [7, 11) is 0. The zero-order valence-corrected chi connectivity index (χ0v) is 9.48. The molecule has 0 amide bonds. The monoisotopic (exact) mass is 266 g/mol. The minimum atomic E-state index is -3.97. The molecule has 1 fully saturated rings. The lowest BCUT2D eigenvalue weighted by molar-refractivity contribution is -0.172. The van der Waals surface area contributed by atoms with Gasteiger partial charge in [-0.25, -0.2) is 4.31 Å². The number of hydrogen-bond donors (Lipinski definition) is 1. The van der Waals surface area contributed by atoms with Crippen molar-refractivity contribution in [2.75, 3.05) is 18.8 Å². The first kappa shape index (κ1) is 12.5. The van der Waals surface area contributed by atoms with Gasteiger partial charge in [-0.1, -0.05) is 6.07 Å². The van der Waals surface area contributed by atoms with Crippen molar-refractivity contribution in [1.29, 1.82) is 0 Å². The molecular formula is C10H10F4N2S. The molecule has 0 spiro atoms. The van der Waals surface area contributed by atoms with Crippen LogP contribution in [0.5, 0.6) is 0 Å². The first-order chi connectivity index (χ1) is 7.80. The van der Waals surface area contributed by atoms with Gasteiger partial charge in [0.05, 0.1) is 13.1 Å². The second-order valence-corrected chi connectivity index (χ2v) is 5.04. The molecule has 1 aromatic rings. The Kier molecular flexibility index (Phi) is 2.99. The minimum Gasteiger partial charge on any atom is -0.399 e. The first-order valence-corrected chi connectivity index (χ1v) is 5.62. The molecule has 7 heteroatoms. The highest BCUT2D eigenvalue weighted by Crippen LogP contribution is 2.44. The van der Waals surface area contributed by atoms with Crippen molar-refractivity contribution in [2.24, 2.45) is 0 Å². The summed E-state index contributed by atoms with van der Waals surface area (Å²) in [6.45, 7) is -1.92. The summed E-state index contributed by atoms with van der Waals surface area (Å²) in [6.07, 6.45) is 0. The Morgan fingerprint density at radius 3 is 2.24 bits per heavy atom. The van der Waals surface area contributed by atoms with Gasteiger partial charge >= 0.3 is 11.8 Å². The molecule has 1 aliphatic heterocycles. The summed E-state index contributed by atoms with van der Waals surface area (Å²) < 4.78 is 52.7. The number of nitrogens with two attached hydrogens (primary N) is 1.